The second kappa shape index (κ2) is 3.27. The first-order valence-corrected chi connectivity index (χ1v) is 4.53. The molecule has 2 atom stereocenters. The van der Waals surface area contributed by atoms with Crippen molar-refractivity contribution < 1.29 is 15.0 Å². The van der Waals surface area contributed by atoms with Crippen LogP contribution >= 0.6 is 22.6 Å². The zero-order valence-electron chi connectivity index (χ0n) is 6.49. The molecule has 0 heterocycles. The quantitative estimate of drug-likeness (QED) is 0.690. The molecule has 0 fully saturated rings. The number of allylic oxidation sites excluding steroid dienone is 2. The van der Waals surface area contributed by atoms with Gasteiger partial charge in [0.05, 0.1) is 0 Å². The summed E-state index contributed by atoms with van der Waals surface area (Å²) in [6.45, 7) is 1.25. The Morgan fingerprint density at radius 1 is 1.75 bits per heavy atom. The summed E-state index contributed by atoms with van der Waals surface area (Å²) in [5, 5.41) is 19.0. The molecule has 0 radical (unpaired) electrons. The topological polar surface area (TPSA) is 57.5 Å². The molecule has 0 bridgehead atoms. The molecule has 0 aliphatic heterocycles. The number of Topliss-reactive ketones (excluding diaryl/α,β-unsaturated/α-hetero) is 1. The lowest BCUT2D eigenvalue weighted by Gasteiger charge is -2.27. The van der Waals surface area contributed by atoms with Crippen molar-refractivity contribution >= 4 is 28.4 Å². The van der Waals surface area contributed by atoms with E-state index in [1.807, 2.05) is 22.6 Å². The first-order valence-electron chi connectivity index (χ1n) is 3.45. The Morgan fingerprint density at radius 3 is 2.75 bits per heavy atom. The van der Waals surface area contributed by atoms with Gasteiger partial charge in [-0.3, -0.25) is 4.79 Å². The molecule has 0 aromatic heterocycles. The van der Waals surface area contributed by atoms with Crippen molar-refractivity contribution in [2.75, 3.05) is 0 Å². The number of carbonyl (C=O) groups is 1. The number of halogens is 1. The summed E-state index contributed by atoms with van der Waals surface area (Å²) in [6.07, 6.45) is 3.24. The van der Waals surface area contributed by atoms with E-state index >= 15 is 0 Å². The van der Waals surface area contributed by atoms with E-state index in [4.69, 9.17) is 0 Å². The minimum atomic E-state index is -1.73. The Balaban J connectivity index is 2.99. The Bertz CT molecular complexity index is 269. The molecule has 1 aliphatic rings. The molecule has 66 valence electrons. The fourth-order valence-electron chi connectivity index (χ4n) is 0.964. The zero-order chi connectivity index (χ0) is 9.35. The van der Waals surface area contributed by atoms with Gasteiger partial charge in [-0.05, 0) is 47.7 Å². The van der Waals surface area contributed by atoms with Crippen molar-refractivity contribution in [2.45, 2.75) is 18.6 Å². The predicted molar refractivity (Wildman–Crippen MR) is 52.9 cm³/mol. The van der Waals surface area contributed by atoms with E-state index < -0.39 is 17.5 Å². The van der Waals surface area contributed by atoms with Gasteiger partial charge in [0.1, 0.15) is 6.10 Å². The molecule has 0 aromatic rings. The maximum atomic E-state index is 10.9. The number of carbonyl (C=O) groups excluding carboxylic acids is 1. The van der Waals surface area contributed by atoms with Crippen LogP contribution in [0, 0.1) is 0 Å². The maximum absolute atomic E-state index is 10.9. The van der Waals surface area contributed by atoms with Crippen molar-refractivity contribution in [1.29, 1.82) is 0 Å². The third kappa shape index (κ3) is 1.60. The van der Waals surface area contributed by atoms with Gasteiger partial charge in [0.15, 0.2) is 11.4 Å². The summed E-state index contributed by atoms with van der Waals surface area (Å²) in [4.78, 5) is 10.9. The number of hydrogen-bond acceptors (Lipinski definition) is 3. The lowest BCUT2D eigenvalue weighted by molar-refractivity contribution is -0.137. The van der Waals surface area contributed by atoms with Crippen LogP contribution in [0.1, 0.15) is 6.92 Å². The molecule has 0 spiro atoms. The molecular formula is C8H9IO3. The summed E-state index contributed by atoms with van der Waals surface area (Å²) in [6, 6.07) is 0. The van der Waals surface area contributed by atoms with Crippen molar-refractivity contribution in [2.24, 2.45) is 0 Å². The number of rotatable bonds is 1. The van der Waals surface area contributed by atoms with E-state index in [1.54, 1.807) is 6.08 Å². The van der Waals surface area contributed by atoms with Crippen LogP contribution in [-0.2, 0) is 4.79 Å². The first-order chi connectivity index (χ1) is 5.47. The summed E-state index contributed by atoms with van der Waals surface area (Å²) in [5.74, 6) is -0.452. The van der Waals surface area contributed by atoms with Crippen LogP contribution < -0.4 is 0 Å². The minimum absolute atomic E-state index is 0.452. The summed E-state index contributed by atoms with van der Waals surface area (Å²) in [5.41, 5.74) is -1.73. The SMILES string of the molecule is CC(=O)[C@]1(O)C=CC(I)=C[C@H]1O. The van der Waals surface area contributed by atoms with E-state index in [9.17, 15) is 15.0 Å². The monoisotopic (exact) mass is 280 g/mol. The van der Waals surface area contributed by atoms with Crippen LogP contribution in [0.15, 0.2) is 21.8 Å². The third-order valence-electron chi connectivity index (χ3n) is 1.83. The standard InChI is InChI=1S/C8H9IO3/c1-5(10)8(12)3-2-6(9)4-7(8)11/h2-4,7,11-12H,1H3/t7-,8-/m1/s1. The van der Waals surface area contributed by atoms with Crippen molar-refractivity contribution in [3.05, 3.63) is 21.8 Å². The Kier molecular flexibility index (Phi) is 2.70. The number of aliphatic hydroxyl groups excluding tert-OH is 1. The second-order valence-corrected chi connectivity index (χ2v) is 3.96. The maximum Gasteiger partial charge on any atom is 0.170 e. The van der Waals surface area contributed by atoms with Gasteiger partial charge in [-0.15, -0.1) is 0 Å². The molecule has 0 amide bonds. The van der Waals surface area contributed by atoms with Gasteiger partial charge in [0.2, 0.25) is 0 Å². The average molecular weight is 280 g/mol. The van der Waals surface area contributed by atoms with Gasteiger partial charge in [-0.1, -0.05) is 0 Å². The van der Waals surface area contributed by atoms with E-state index in [0.717, 1.165) is 3.58 Å². The molecule has 0 unspecified atom stereocenters. The van der Waals surface area contributed by atoms with Gasteiger partial charge < -0.3 is 10.2 Å². The van der Waals surface area contributed by atoms with Crippen LogP contribution in [0.5, 0.6) is 0 Å². The van der Waals surface area contributed by atoms with E-state index in [0.29, 0.717) is 0 Å². The van der Waals surface area contributed by atoms with E-state index in [-0.39, 0.29) is 0 Å². The minimum Gasteiger partial charge on any atom is -0.385 e. The van der Waals surface area contributed by atoms with Gasteiger partial charge >= 0.3 is 0 Å². The van der Waals surface area contributed by atoms with Gasteiger partial charge in [-0.25, -0.2) is 0 Å². The Hall–Kier alpha value is -0.200. The molecule has 2 N–H and O–H groups in total. The Morgan fingerprint density at radius 2 is 2.33 bits per heavy atom. The van der Waals surface area contributed by atoms with Crippen LogP contribution in [0.2, 0.25) is 0 Å². The van der Waals surface area contributed by atoms with Crippen molar-refractivity contribution in [3.63, 3.8) is 0 Å². The number of ketones is 1. The predicted octanol–water partition coefficient (Wildman–Crippen LogP) is 0.556. The smallest absolute Gasteiger partial charge is 0.170 e. The van der Waals surface area contributed by atoms with Gasteiger partial charge in [-0.2, -0.15) is 0 Å². The van der Waals surface area contributed by atoms with E-state index in [2.05, 4.69) is 0 Å². The van der Waals surface area contributed by atoms with Gasteiger partial charge in [0.25, 0.3) is 0 Å². The van der Waals surface area contributed by atoms with Crippen molar-refractivity contribution in [3.8, 4) is 0 Å². The molecule has 4 heteroatoms. The van der Waals surface area contributed by atoms with Crippen LogP contribution in [0.4, 0.5) is 0 Å². The molecule has 0 aromatic carbocycles. The second-order valence-electron chi connectivity index (χ2n) is 2.71. The van der Waals surface area contributed by atoms with Gasteiger partial charge in [0, 0.05) is 3.58 Å². The molecule has 1 rings (SSSR count). The van der Waals surface area contributed by atoms with Crippen molar-refractivity contribution in [1.82, 2.24) is 0 Å². The molecule has 1 aliphatic carbocycles. The third-order valence-corrected chi connectivity index (χ3v) is 2.55. The fraction of sp³-hybridized carbons (Fsp3) is 0.375. The van der Waals surface area contributed by atoms with E-state index in [1.165, 1.54) is 19.1 Å². The normalized spacial score (nSPS) is 34.7. The molecule has 12 heavy (non-hydrogen) atoms. The van der Waals surface area contributed by atoms with Crippen LogP contribution in [-0.4, -0.2) is 27.7 Å². The summed E-state index contributed by atoms with van der Waals surface area (Å²) in [7, 11) is 0. The largest absolute Gasteiger partial charge is 0.385 e. The lowest BCUT2D eigenvalue weighted by Crippen LogP contribution is -2.46. The fourth-order valence-corrected chi connectivity index (χ4v) is 1.48. The zero-order valence-corrected chi connectivity index (χ0v) is 8.65. The van der Waals surface area contributed by atoms with Crippen LogP contribution in [0.3, 0.4) is 0 Å². The molecule has 3 nitrogen and oxygen atoms in total. The molecular weight excluding hydrogens is 271 g/mol. The number of hydrogen-bond donors (Lipinski definition) is 2. The van der Waals surface area contributed by atoms with Crippen LogP contribution in [0.25, 0.3) is 0 Å². The first kappa shape index (κ1) is 9.88. The summed E-state index contributed by atoms with van der Waals surface area (Å²) >= 11 is 2.00. The highest BCUT2D eigenvalue weighted by molar-refractivity contribution is 14.1. The lowest BCUT2D eigenvalue weighted by atomic mass is 9.89. The highest BCUT2D eigenvalue weighted by Gasteiger charge is 2.38. The molecule has 0 saturated heterocycles. The summed E-state index contributed by atoms with van der Waals surface area (Å²) < 4.78 is 0.811. The highest BCUT2D eigenvalue weighted by Crippen LogP contribution is 2.25. The average Bonchev–Trinajstić information content (AvgIpc) is 1.97. The molecule has 0 saturated carbocycles. The Labute approximate surface area is 83.9 Å². The number of aliphatic hydroxyl groups is 2. The highest BCUT2D eigenvalue weighted by atomic mass is 127.